The number of nitrogens with zero attached hydrogens (tertiary/aromatic N) is 2. The van der Waals surface area contributed by atoms with E-state index >= 15 is 0 Å². The van der Waals surface area contributed by atoms with Gasteiger partial charge in [0.25, 0.3) is 5.91 Å². The number of amides is 1. The Kier molecular flexibility index (Phi) is 4.66. The number of anilines is 1. The summed E-state index contributed by atoms with van der Waals surface area (Å²) in [7, 11) is 0. The first kappa shape index (κ1) is 16.6. The van der Waals surface area contributed by atoms with Gasteiger partial charge < -0.3 is 5.32 Å². The molecule has 24 heavy (non-hydrogen) atoms. The maximum Gasteiger partial charge on any atom is 0.274 e. The molecule has 124 valence electrons. The number of imidazole rings is 1. The molecule has 0 aliphatic rings. The van der Waals surface area contributed by atoms with Crippen molar-refractivity contribution in [3.05, 3.63) is 63.8 Å². The topological polar surface area (TPSA) is 46.4 Å². The van der Waals surface area contributed by atoms with Gasteiger partial charge in [-0.25, -0.2) is 9.37 Å². The fraction of sp³-hybridized carbons (Fsp3) is 0.222. The Bertz CT molecular complexity index is 920. The van der Waals surface area contributed by atoms with Crippen molar-refractivity contribution in [1.29, 1.82) is 0 Å². The van der Waals surface area contributed by atoms with E-state index < -0.39 is 5.82 Å². The average Bonchev–Trinajstić information content (AvgIpc) is 2.86. The first-order valence-electron chi connectivity index (χ1n) is 7.73. The Morgan fingerprint density at radius 2 is 2.17 bits per heavy atom. The average molecular weight is 390 g/mol. The standard InChI is InChI=1S/C18H17BrFN3O/c1-3-5-15-16(18(24)21-14-7-4-6-13(20)9-14)23-10-12(19)8-11(2)17(23)22-15/h4,6-10H,3,5H2,1-2H3,(H,21,24). The molecule has 0 spiro atoms. The van der Waals surface area contributed by atoms with Crippen LogP contribution in [-0.4, -0.2) is 15.3 Å². The minimum atomic E-state index is -0.390. The van der Waals surface area contributed by atoms with E-state index in [-0.39, 0.29) is 5.91 Å². The molecular weight excluding hydrogens is 373 g/mol. The molecule has 0 aliphatic heterocycles. The van der Waals surface area contributed by atoms with E-state index in [9.17, 15) is 9.18 Å². The van der Waals surface area contributed by atoms with Crippen LogP contribution in [-0.2, 0) is 6.42 Å². The number of hydrogen-bond acceptors (Lipinski definition) is 2. The van der Waals surface area contributed by atoms with Gasteiger partial charge in [0, 0.05) is 16.4 Å². The summed E-state index contributed by atoms with van der Waals surface area (Å²) >= 11 is 3.46. The summed E-state index contributed by atoms with van der Waals surface area (Å²) in [6.07, 6.45) is 3.41. The molecule has 1 aromatic carbocycles. The minimum absolute atomic E-state index is 0.297. The van der Waals surface area contributed by atoms with Gasteiger partial charge in [0.05, 0.1) is 5.69 Å². The van der Waals surface area contributed by atoms with Crippen LogP contribution in [0.2, 0.25) is 0 Å². The molecule has 3 rings (SSSR count). The molecular formula is C18H17BrFN3O. The molecule has 2 aromatic heterocycles. The van der Waals surface area contributed by atoms with E-state index in [1.165, 1.54) is 12.1 Å². The number of hydrogen-bond donors (Lipinski definition) is 1. The van der Waals surface area contributed by atoms with Gasteiger partial charge in [-0.1, -0.05) is 19.4 Å². The van der Waals surface area contributed by atoms with Gasteiger partial charge in [-0.15, -0.1) is 0 Å². The fourth-order valence-electron chi connectivity index (χ4n) is 2.72. The molecule has 0 radical (unpaired) electrons. The third kappa shape index (κ3) is 3.19. The summed E-state index contributed by atoms with van der Waals surface area (Å²) in [5.41, 5.74) is 3.38. The van der Waals surface area contributed by atoms with Gasteiger partial charge in [0.15, 0.2) is 0 Å². The van der Waals surface area contributed by atoms with Crippen LogP contribution in [0, 0.1) is 12.7 Å². The monoisotopic (exact) mass is 389 g/mol. The number of carbonyl (C=O) groups excluding carboxylic acids is 1. The summed E-state index contributed by atoms with van der Waals surface area (Å²) in [6, 6.07) is 7.82. The highest BCUT2D eigenvalue weighted by Gasteiger charge is 2.20. The first-order valence-corrected chi connectivity index (χ1v) is 8.53. The van der Waals surface area contributed by atoms with Crippen molar-refractivity contribution >= 4 is 33.2 Å². The molecule has 0 bridgehead atoms. The predicted molar refractivity (Wildman–Crippen MR) is 96.0 cm³/mol. The minimum Gasteiger partial charge on any atom is -0.321 e. The maximum absolute atomic E-state index is 13.3. The number of fused-ring (bicyclic) bond motifs is 1. The summed E-state index contributed by atoms with van der Waals surface area (Å²) in [5, 5.41) is 2.76. The van der Waals surface area contributed by atoms with Gasteiger partial charge in [0.2, 0.25) is 0 Å². The zero-order valence-electron chi connectivity index (χ0n) is 13.4. The molecule has 0 fully saturated rings. The van der Waals surface area contributed by atoms with E-state index in [2.05, 4.69) is 26.2 Å². The summed E-state index contributed by atoms with van der Waals surface area (Å²) < 4.78 is 16.0. The van der Waals surface area contributed by atoms with Gasteiger partial charge in [-0.3, -0.25) is 9.20 Å². The Morgan fingerprint density at radius 3 is 2.88 bits per heavy atom. The van der Waals surface area contributed by atoms with E-state index in [0.29, 0.717) is 17.8 Å². The van der Waals surface area contributed by atoms with Crippen LogP contribution in [0.3, 0.4) is 0 Å². The Hall–Kier alpha value is -2.21. The van der Waals surface area contributed by atoms with Crippen molar-refractivity contribution in [2.75, 3.05) is 5.32 Å². The second kappa shape index (κ2) is 6.73. The van der Waals surface area contributed by atoms with Crippen molar-refractivity contribution in [3.63, 3.8) is 0 Å². The summed E-state index contributed by atoms with van der Waals surface area (Å²) in [4.78, 5) is 17.4. The van der Waals surface area contributed by atoms with Crippen LogP contribution < -0.4 is 5.32 Å². The lowest BCUT2D eigenvalue weighted by molar-refractivity contribution is 0.102. The summed E-state index contributed by atoms with van der Waals surface area (Å²) in [6.45, 7) is 4.00. The van der Waals surface area contributed by atoms with Gasteiger partial charge in [-0.2, -0.15) is 0 Å². The smallest absolute Gasteiger partial charge is 0.274 e. The molecule has 0 aliphatic carbocycles. The van der Waals surface area contributed by atoms with E-state index in [1.54, 1.807) is 16.5 Å². The number of carbonyl (C=O) groups is 1. The highest BCUT2D eigenvalue weighted by molar-refractivity contribution is 9.10. The lowest BCUT2D eigenvalue weighted by Gasteiger charge is -2.08. The van der Waals surface area contributed by atoms with E-state index in [4.69, 9.17) is 0 Å². The second-order valence-electron chi connectivity index (χ2n) is 5.66. The third-order valence-corrected chi connectivity index (χ3v) is 4.16. The normalized spacial score (nSPS) is 11.0. The molecule has 4 nitrogen and oxygen atoms in total. The first-order chi connectivity index (χ1) is 11.5. The fourth-order valence-corrected chi connectivity index (χ4v) is 3.27. The number of aryl methyl sites for hydroxylation is 2. The van der Waals surface area contributed by atoms with Crippen LogP contribution in [0.5, 0.6) is 0 Å². The second-order valence-corrected chi connectivity index (χ2v) is 6.57. The number of nitrogens with one attached hydrogen (secondary N) is 1. The highest BCUT2D eigenvalue weighted by Crippen LogP contribution is 2.23. The van der Waals surface area contributed by atoms with Crippen molar-refractivity contribution in [2.24, 2.45) is 0 Å². The van der Waals surface area contributed by atoms with Crippen molar-refractivity contribution in [2.45, 2.75) is 26.7 Å². The molecule has 0 unspecified atom stereocenters. The van der Waals surface area contributed by atoms with Gasteiger partial charge >= 0.3 is 0 Å². The molecule has 6 heteroatoms. The van der Waals surface area contributed by atoms with Gasteiger partial charge in [-0.05, 0) is 59.1 Å². The lowest BCUT2D eigenvalue weighted by atomic mass is 10.2. The van der Waals surface area contributed by atoms with Crippen LogP contribution in [0.15, 0.2) is 41.0 Å². The van der Waals surface area contributed by atoms with Crippen LogP contribution in [0.4, 0.5) is 10.1 Å². The number of aromatic nitrogens is 2. The van der Waals surface area contributed by atoms with Crippen LogP contribution >= 0.6 is 15.9 Å². The van der Waals surface area contributed by atoms with Crippen LogP contribution in [0.25, 0.3) is 5.65 Å². The maximum atomic E-state index is 13.3. The number of pyridine rings is 1. The largest absolute Gasteiger partial charge is 0.321 e. The third-order valence-electron chi connectivity index (χ3n) is 3.73. The Morgan fingerprint density at radius 1 is 1.38 bits per heavy atom. The Labute approximate surface area is 147 Å². The highest BCUT2D eigenvalue weighted by atomic mass is 79.9. The van der Waals surface area contributed by atoms with Crippen molar-refractivity contribution in [3.8, 4) is 0 Å². The van der Waals surface area contributed by atoms with Crippen molar-refractivity contribution < 1.29 is 9.18 Å². The summed E-state index contributed by atoms with van der Waals surface area (Å²) in [5.74, 6) is -0.688. The zero-order valence-corrected chi connectivity index (χ0v) is 15.0. The Balaban J connectivity index is 2.09. The number of rotatable bonds is 4. The van der Waals surface area contributed by atoms with E-state index in [1.807, 2.05) is 26.1 Å². The predicted octanol–water partition coefficient (Wildman–Crippen LogP) is 4.75. The quantitative estimate of drug-likeness (QED) is 0.699. The molecule has 3 aromatic rings. The molecule has 0 saturated heterocycles. The molecule has 0 atom stereocenters. The van der Waals surface area contributed by atoms with E-state index in [0.717, 1.165) is 27.8 Å². The zero-order chi connectivity index (χ0) is 17.3. The lowest BCUT2D eigenvalue weighted by Crippen LogP contribution is -2.16. The van der Waals surface area contributed by atoms with Crippen LogP contribution in [0.1, 0.15) is 35.1 Å². The number of benzene rings is 1. The number of halogens is 2. The molecule has 2 heterocycles. The molecule has 1 N–H and O–H groups in total. The SMILES string of the molecule is CCCc1nc2c(C)cc(Br)cn2c1C(=O)Nc1cccc(F)c1. The van der Waals surface area contributed by atoms with Crippen molar-refractivity contribution in [1.82, 2.24) is 9.38 Å². The molecule has 1 amide bonds. The van der Waals surface area contributed by atoms with Gasteiger partial charge in [0.1, 0.15) is 17.2 Å². The molecule has 0 saturated carbocycles.